The minimum atomic E-state index is -4.32. The van der Waals surface area contributed by atoms with Crippen molar-refractivity contribution in [1.29, 1.82) is 0 Å². The highest BCUT2D eigenvalue weighted by molar-refractivity contribution is 14.1. The molecule has 0 bridgehead atoms. The Kier molecular flexibility index (Phi) is 11.9. The number of hydrogen-bond donors (Lipinski definition) is 1. The van der Waals surface area contributed by atoms with Gasteiger partial charge in [0, 0.05) is 36.7 Å². The van der Waals surface area contributed by atoms with Gasteiger partial charge in [-0.2, -0.15) is 13.2 Å². The van der Waals surface area contributed by atoms with Crippen LogP contribution in [0.4, 0.5) is 13.2 Å². The lowest BCUT2D eigenvalue weighted by atomic mass is 9.97. The second-order valence-corrected chi connectivity index (χ2v) is 14.7. The van der Waals surface area contributed by atoms with Gasteiger partial charge in [0.2, 0.25) is 11.8 Å². The summed E-state index contributed by atoms with van der Waals surface area (Å²) in [6.07, 6.45) is 3.03. The average Bonchev–Trinajstić information content (AvgIpc) is 3.53. The van der Waals surface area contributed by atoms with E-state index in [0.717, 1.165) is 6.42 Å². The molecule has 2 unspecified atom stereocenters. The van der Waals surface area contributed by atoms with Crippen LogP contribution >= 0.6 is 22.9 Å². The summed E-state index contributed by atoms with van der Waals surface area (Å²) in [7, 11) is -1.55. The summed E-state index contributed by atoms with van der Waals surface area (Å²) in [5, 5.41) is 7.05. The van der Waals surface area contributed by atoms with E-state index < -0.39 is 29.0 Å². The predicted molar refractivity (Wildman–Crippen MR) is 181 cm³/mol. The highest BCUT2D eigenvalue weighted by atomic mass is 127. The molecule has 1 aliphatic carbocycles. The van der Waals surface area contributed by atoms with Crippen molar-refractivity contribution in [1.82, 2.24) is 23.1 Å². The van der Waals surface area contributed by atoms with Crippen molar-refractivity contribution in [2.24, 2.45) is 16.3 Å². The van der Waals surface area contributed by atoms with Gasteiger partial charge in [-0.15, -0.1) is 5.10 Å². The molecule has 0 aromatic carbocycles. The number of allylic oxidation sites excluding steroid dienone is 2. The number of alkyl halides is 3. The van der Waals surface area contributed by atoms with Crippen LogP contribution in [0.1, 0.15) is 60.3 Å². The number of aliphatic imine (C=N–C) groups is 1. The lowest BCUT2D eigenvalue weighted by Gasteiger charge is -2.35. The van der Waals surface area contributed by atoms with E-state index in [9.17, 15) is 22.2 Å². The Labute approximate surface area is 280 Å². The Bertz CT molecular complexity index is 1430. The molecular weight excluding hydrogens is 720 g/mol. The van der Waals surface area contributed by atoms with Crippen molar-refractivity contribution in [2.75, 3.05) is 19.0 Å². The van der Waals surface area contributed by atoms with Gasteiger partial charge >= 0.3 is 6.18 Å². The van der Waals surface area contributed by atoms with Crippen LogP contribution in [-0.4, -0.2) is 64.5 Å². The summed E-state index contributed by atoms with van der Waals surface area (Å²) in [6, 6.07) is 1.50. The van der Waals surface area contributed by atoms with Gasteiger partial charge in [0.15, 0.2) is 5.82 Å². The van der Waals surface area contributed by atoms with Crippen LogP contribution in [-0.2, 0) is 15.6 Å². The van der Waals surface area contributed by atoms with Crippen LogP contribution < -0.4 is 10.1 Å². The number of ether oxygens (including phenoxy) is 1. The molecule has 1 aliphatic heterocycles. The van der Waals surface area contributed by atoms with E-state index in [1.54, 1.807) is 41.6 Å². The second kappa shape index (κ2) is 14.7. The highest BCUT2D eigenvalue weighted by Crippen LogP contribution is 2.57. The van der Waals surface area contributed by atoms with Gasteiger partial charge in [0.25, 0.3) is 0 Å². The molecule has 1 saturated heterocycles. The van der Waals surface area contributed by atoms with Crippen molar-refractivity contribution < 1.29 is 26.9 Å². The van der Waals surface area contributed by atoms with Crippen molar-refractivity contribution in [3.05, 3.63) is 66.5 Å². The third-order valence-corrected chi connectivity index (χ3v) is 9.75. The Morgan fingerprint density at radius 1 is 1.36 bits per heavy atom. The summed E-state index contributed by atoms with van der Waals surface area (Å²) in [5.74, 6) is 0.808. The standard InChI is InChI=1S/C31H42F3IN6O3S/c1-9-25(41-14-11-27(38-41)44-19-30(12-13-30)31(32,33)34)37-28(40-17-22(5)16-29(40,7)8)23(6)15-26(42)36-20-45(43)24(21(3)4)18-39(35)10-2/h9-11,14,18,22H,2-3,6,12-13,15-17,19-20H2,1,4-5,7-8H3,(H,36,42)/b24-18+,25-9+,37-28?. The molecule has 3 rings (SSSR count). The summed E-state index contributed by atoms with van der Waals surface area (Å²) in [4.78, 5) is 20.5. The SMILES string of the molecule is C=CN(I)/C=C(\C(=C)C)S(=O)CNC(=O)CC(=C)C(=N/C(=C\C)n1ccc(OCC2(C(F)(F)F)CC2)n1)N1CC(C)CC1(C)C. The molecule has 0 radical (unpaired) electrons. The molecule has 1 amide bonds. The molecule has 14 heteroatoms. The monoisotopic (exact) mass is 762 g/mol. The van der Waals surface area contributed by atoms with E-state index in [0.29, 0.717) is 40.2 Å². The molecule has 2 atom stereocenters. The number of amides is 1. The Balaban J connectivity index is 1.79. The van der Waals surface area contributed by atoms with Crippen LogP contribution in [0.2, 0.25) is 0 Å². The summed E-state index contributed by atoms with van der Waals surface area (Å²) in [6.45, 7) is 21.8. The van der Waals surface area contributed by atoms with Crippen LogP contribution in [0.5, 0.6) is 5.88 Å². The zero-order valence-corrected chi connectivity index (χ0v) is 29.4. The van der Waals surface area contributed by atoms with Crippen molar-refractivity contribution in [2.45, 2.75) is 72.0 Å². The lowest BCUT2D eigenvalue weighted by molar-refractivity contribution is -0.194. The molecule has 2 heterocycles. The van der Waals surface area contributed by atoms with Crippen LogP contribution in [0.15, 0.2) is 71.5 Å². The number of likely N-dealkylation sites (tertiary alicyclic amines) is 1. The Morgan fingerprint density at radius 2 is 2.02 bits per heavy atom. The first-order valence-corrected chi connectivity index (χ1v) is 16.8. The van der Waals surface area contributed by atoms with E-state index in [-0.39, 0.29) is 42.5 Å². The predicted octanol–water partition coefficient (Wildman–Crippen LogP) is 6.92. The number of carbonyl (C=O) groups is 1. The second-order valence-electron chi connectivity index (χ2n) is 12.2. The normalized spacial score (nSPS) is 20.4. The molecular formula is C31H42F3IN6O3S. The zero-order chi connectivity index (χ0) is 33.7. The molecule has 1 saturated carbocycles. The first-order valence-electron chi connectivity index (χ1n) is 14.5. The van der Waals surface area contributed by atoms with E-state index in [1.165, 1.54) is 10.7 Å². The fourth-order valence-electron chi connectivity index (χ4n) is 5.12. The van der Waals surface area contributed by atoms with Gasteiger partial charge in [-0.3, -0.25) is 12.1 Å². The molecule has 9 nitrogen and oxygen atoms in total. The fraction of sp³-hybridized carbons (Fsp3) is 0.516. The highest BCUT2D eigenvalue weighted by Gasteiger charge is 2.64. The number of rotatable bonds is 14. The average molecular weight is 763 g/mol. The van der Waals surface area contributed by atoms with Crippen molar-refractivity contribution in [3.8, 4) is 5.88 Å². The molecule has 1 aromatic rings. The van der Waals surface area contributed by atoms with Crippen LogP contribution in [0.3, 0.4) is 0 Å². The lowest BCUT2D eigenvalue weighted by Crippen LogP contribution is -2.44. The van der Waals surface area contributed by atoms with Crippen LogP contribution in [0.25, 0.3) is 5.82 Å². The van der Waals surface area contributed by atoms with Gasteiger partial charge in [-0.25, -0.2) is 9.67 Å². The first kappa shape index (κ1) is 36.6. The van der Waals surface area contributed by atoms with E-state index in [4.69, 9.17) is 9.73 Å². The molecule has 0 spiro atoms. The number of halogens is 4. The molecule has 248 valence electrons. The maximum atomic E-state index is 13.3. The molecule has 1 aromatic heterocycles. The zero-order valence-electron chi connectivity index (χ0n) is 26.4. The van der Waals surface area contributed by atoms with Gasteiger partial charge < -0.3 is 15.0 Å². The Hall–Kier alpha value is -2.88. The van der Waals surface area contributed by atoms with Gasteiger partial charge in [0.1, 0.15) is 17.9 Å². The maximum Gasteiger partial charge on any atom is 0.397 e. The minimum absolute atomic E-state index is 0.0404. The summed E-state index contributed by atoms with van der Waals surface area (Å²) >= 11 is 1.99. The quantitative estimate of drug-likeness (QED) is 0.0728. The molecule has 1 N–H and O–H groups in total. The van der Waals surface area contributed by atoms with Gasteiger partial charge in [-0.05, 0) is 70.1 Å². The molecule has 45 heavy (non-hydrogen) atoms. The van der Waals surface area contributed by atoms with E-state index >= 15 is 0 Å². The fourth-order valence-corrected chi connectivity index (χ4v) is 6.65. The number of carbonyl (C=O) groups excluding carboxylic acids is 1. The number of aromatic nitrogens is 2. The van der Waals surface area contributed by atoms with E-state index in [1.807, 2.05) is 22.9 Å². The number of hydrogen-bond acceptors (Lipinski definition) is 6. The summed E-state index contributed by atoms with van der Waals surface area (Å²) < 4.78 is 61.5. The number of nitrogens with one attached hydrogen (secondary N) is 1. The van der Waals surface area contributed by atoms with Crippen molar-refractivity contribution >= 4 is 51.2 Å². The maximum absolute atomic E-state index is 13.3. The topological polar surface area (TPSA) is 92.1 Å². The third-order valence-electron chi connectivity index (χ3n) is 7.73. The largest absolute Gasteiger partial charge is 0.476 e. The molecule has 2 fully saturated rings. The van der Waals surface area contributed by atoms with Gasteiger partial charge in [-0.1, -0.05) is 26.7 Å². The van der Waals surface area contributed by atoms with Crippen LogP contribution in [0, 0.1) is 11.3 Å². The molecule has 2 aliphatic rings. The minimum Gasteiger partial charge on any atom is -0.476 e. The van der Waals surface area contributed by atoms with E-state index in [2.05, 4.69) is 55.8 Å². The smallest absolute Gasteiger partial charge is 0.397 e. The number of nitrogens with zero attached hydrogens (tertiary/aromatic N) is 5. The van der Waals surface area contributed by atoms with Gasteiger partial charge in [0.05, 0.1) is 50.9 Å². The van der Waals surface area contributed by atoms with Crippen molar-refractivity contribution in [3.63, 3.8) is 0 Å². The number of amidine groups is 1. The first-order chi connectivity index (χ1) is 20.9. The third kappa shape index (κ3) is 9.33. The summed E-state index contributed by atoms with van der Waals surface area (Å²) in [5.41, 5.74) is -1.04. The Morgan fingerprint density at radius 3 is 2.53 bits per heavy atom.